The van der Waals surface area contributed by atoms with Crippen LogP contribution >= 0.6 is 0 Å². The number of anilines is 1. The maximum Gasteiger partial charge on any atom is 0.228 e. The van der Waals surface area contributed by atoms with Gasteiger partial charge in [-0.3, -0.25) is 4.79 Å². The maximum atomic E-state index is 12.5. The number of nitrogens with zero attached hydrogens (tertiary/aromatic N) is 6. The lowest BCUT2D eigenvalue weighted by atomic mass is 10.1. The van der Waals surface area contributed by atoms with Crippen LogP contribution in [0, 0.1) is 0 Å². The fraction of sp³-hybridized carbons (Fsp3) is 0.556. The SMILES string of the molecule is CC1c2nc(CC(=O)N3CCCCC3)cn2CCN1c1ncccn1. The number of rotatable bonds is 3. The Morgan fingerprint density at radius 3 is 2.64 bits per heavy atom. The van der Waals surface area contributed by atoms with Crippen LogP contribution in [-0.4, -0.2) is 50.0 Å². The molecule has 0 bridgehead atoms. The summed E-state index contributed by atoms with van der Waals surface area (Å²) in [5.74, 6) is 1.92. The molecule has 1 fully saturated rings. The van der Waals surface area contributed by atoms with E-state index in [0.29, 0.717) is 6.42 Å². The Morgan fingerprint density at radius 1 is 1.12 bits per heavy atom. The number of hydrogen-bond donors (Lipinski definition) is 0. The van der Waals surface area contributed by atoms with Crippen molar-refractivity contribution < 1.29 is 4.79 Å². The van der Waals surface area contributed by atoms with E-state index in [4.69, 9.17) is 4.98 Å². The molecule has 25 heavy (non-hydrogen) atoms. The minimum Gasteiger partial charge on any atom is -0.342 e. The molecule has 2 aliphatic rings. The van der Waals surface area contributed by atoms with Crippen LogP contribution in [0.25, 0.3) is 0 Å². The summed E-state index contributed by atoms with van der Waals surface area (Å²) < 4.78 is 2.17. The zero-order chi connectivity index (χ0) is 17.2. The van der Waals surface area contributed by atoms with Crippen LogP contribution in [0.4, 0.5) is 5.95 Å². The average molecular weight is 340 g/mol. The number of amides is 1. The van der Waals surface area contributed by atoms with Gasteiger partial charge in [0.15, 0.2) is 0 Å². The first-order chi connectivity index (χ1) is 12.2. The molecule has 0 N–H and O–H groups in total. The Morgan fingerprint density at radius 2 is 1.88 bits per heavy atom. The van der Waals surface area contributed by atoms with Crippen molar-refractivity contribution in [1.82, 2.24) is 24.4 Å². The Kier molecular flexibility index (Phi) is 4.38. The van der Waals surface area contributed by atoms with Gasteiger partial charge in [-0.1, -0.05) is 0 Å². The Labute approximate surface area is 147 Å². The molecule has 0 spiro atoms. The number of fused-ring (bicyclic) bond motifs is 1. The number of likely N-dealkylation sites (tertiary alicyclic amines) is 1. The summed E-state index contributed by atoms with van der Waals surface area (Å²) in [5, 5.41) is 0. The van der Waals surface area contributed by atoms with E-state index >= 15 is 0 Å². The van der Waals surface area contributed by atoms with Crippen LogP contribution in [0.3, 0.4) is 0 Å². The van der Waals surface area contributed by atoms with Gasteiger partial charge in [0.1, 0.15) is 5.82 Å². The summed E-state index contributed by atoms with van der Waals surface area (Å²) in [7, 11) is 0. The number of aromatic nitrogens is 4. The first-order valence-corrected chi connectivity index (χ1v) is 9.10. The van der Waals surface area contributed by atoms with Gasteiger partial charge in [0.25, 0.3) is 0 Å². The van der Waals surface area contributed by atoms with Crippen LogP contribution in [-0.2, 0) is 17.8 Å². The fourth-order valence-electron chi connectivity index (χ4n) is 3.76. The third kappa shape index (κ3) is 3.23. The average Bonchev–Trinajstić information content (AvgIpc) is 3.07. The standard InChI is InChI=1S/C18H24N6O/c1-14-17-21-15(12-16(25)22-8-3-2-4-9-22)13-23(17)10-11-24(14)18-19-6-5-7-20-18/h5-7,13-14H,2-4,8-12H2,1H3. The number of carbonyl (C=O) groups is 1. The monoisotopic (exact) mass is 340 g/mol. The van der Waals surface area contributed by atoms with Gasteiger partial charge in [0, 0.05) is 44.8 Å². The van der Waals surface area contributed by atoms with Crippen LogP contribution in [0.5, 0.6) is 0 Å². The first kappa shape index (κ1) is 16.1. The minimum atomic E-state index is 0.0926. The van der Waals surface area contributed by atoms with E-state index in [9.17, 15) is 4.79 Å². The fourth-order valence-corrected chi connectivity index (χ4v) is 3.76. The lowest BCUT2D eigenvalue weighted by Gasteiger charge is -2.33. The quantitative estimate of drug-likeness (QED) is 0.852. The Balaban J connectivity index is 1.49. The molecule has 132 valence electrons. The molecule has 0 aromatic carbocycles. The third-order valence-corrected chi connectivity index (χ3v) is 5.13. The van der Waals surface area contributed by atoms with E-state index in [1.807, 2.05) is 17.2 Å². The van der Waals surface area contributed by atoms with Crippen LogP contribution in [0.1, 0.15) is 43.7 Å². The molecular weight excluding hydrogens is 316 g/mol. The summed E-state index contributed by atoms with van der Waals surface area (Å²) in [4.78, 5) is 30.1. The molecule has 1 atom stereocenters. The normalized spacial score (nSPS) is 20.4. The molecule has 2 aromatic rings. The van der Waals surface area contributed by atoms with Crippen LogP contribution < -0.4 is 4.90 Å². The molecule has 0 saturated carbocycles. The van der Waals surface area contributed by atoms with E-state index in [1.165, 1.54) is 6.42 Å². The molecule has 4 rings (SSSR count). The van der Waals surface area contributed by atoms with E-state index in [0.717, 1.165) is 56.5 Å². The third-order valence-electron chi connectivity index (χ3n) is 5.13. The molecule has 7 heteroatoms. The second kappa shape index (κ2) is 6.82. The summed E-state index contributed by atoms with van der Waals surface area (Å²) in [5.41, 5.74) is 0.869. The van der Waals surface area contributed by atoms with Gasteiger partial charge in [0.05, 0.1) is 18.2 Å². The number of carbonyl (C=O) groups excluding carboxylic acids is 1. The second-order valence-corrected chi connectivity index (χ2v) is 6.82. The molecule has 1 unspecified atom stereocenters. The predicted molar refractivity (Wildman–Crippen MR) is 94.2 cm³/mol. The van der Waals surface area contributed by atoms with Crippen molar-refractivity contribution in [1.29, 1.82) is 0 Å². The molecule has 1 saturated heterocycles. The summed E-state index contributed by atoms with van der Waals surface area (Å²) in [6, 6.07) is 1.92. The lowest BCUT2D eigenvalue weighted by molar-refractivity contribution is -0.131. The van der Waals surface area contributed by atoms with Gasteiger partial charge in [-0.25, -0.2) is 15.0 Å². The molecular formula is C18H24N6O. The van der Waals surface area contributed by atoms with E-state index < -0.39 is 0 Å². The van der Waals surface area contributed by atoms with Gasteiger partial charge in [-0.05, 0) is 32.3 Å². The van der Waals surface area contributed by atoms with Crippen molar-refractivity contribution in [2.75, 3.05) is 24.5 Å². The van der Waals surface area contributed by atoms with E-state index in [2.05, 4.69) is 26.4 Å². The highest BCUT2D eigenvalue weighted by Gasteiger charge is 2.28. The highest BCUT2D eigenvalue weighted by molar-refractivity contribution is 5.78. The zero-order valence-electron chi connectivity index (χ0n) is 14.6. The van der Waals surface area contributed by atoms with Crippen molar-refractivity contribution in [3.8, 4) is 0 Å². The Bertz CT molecular complexity index is 737. The van der Waals surface area contributed by atoms with Gasteiger partial charge in [-0.15, -0.1) is 0 Å². The van der Waals surface area contributed by atoms with Crippen molar-refractivity contribution in [3.05, 3.63) is 36.2 Å². The van der Waals surface area contributed by atoms with Gasteiger partial charge in [0.2, 0.25) is 11.9 Å². The van der Waals surface area contributed by atoms with Gasteiger partial charge < -0.3 is 14.4 Å². The molecule has 4 heterocycles. The largest absolute Gasteiger partial charge is 0.342 e. The van der Waals surface area contributed by atoms with E-state index in [-0.39, 0.29) is 11.9 Å². The molecule has 0 radical (unpaired) electrons. The van der Waals surface area contributed by atoms with Gasteiger partial charge in [-0.2, -0.15) is 0 Å². The molecule has 1 amide bonds. The van der Waals surface area contributed by atoms with Crippen molar-refractivity contribution in [2.24, 2.45) is 0 Å². The zero-order valence-corrected chi connectivity index (χ0v) is 14.6. The Hall–Kier alpha value is -2.44. The maximum absolute atomic E-state index is 12.5. The van der Waals surface area contributed by atoms with Crippen molar-refractivity contribution in [3.63, 3.8) is 0 Å². The number of piperidine rings is 1. The van der Waals surface area contributed by atoms with Crippen molar-refractivity contribution >= 4 is 11.9 Å². The highest BCUT2D eigenvalue weighted by atomic mass is 16.2. The minimum absolute atomic E-state index is 0.0926. The van der Waals surface area contributed by atoms with Crippen molar-refractivity contribution in [2.45, 2.75) is 45.2 Å². The molecule has 7 nitrogen and oxygen atoms in total. The van der Waals surface area contributed by atoms with Gasteiger partial charge >= 0.3 is 0 Å². The summed E-state index contributed by atoms with van der Waals surface area (Å²) in [6.07, 6.45) is 9.43. The lowest BCUT2D eigenvalue weighted by Crippen LogP contribution is -2.37. The smallest absolute Gasteiger partial charge is 0.228 e. The summed E-state index contributed by atoms with van der Waals surface area (Å²) in [6.45, 7) is 5.57. The number of hydrogen-bond acceptors (Lipinski definition) is 5. The number of imidazole rings is 1. The van der Waals surface area contributed by atoms with Crippen LogP contribution in [0.15, 0.2) is 24.7 Å². The molecule has 2 aromatic heterocycles. The first-order valence-electron chi connectivity index (χ1n) is 9.10. The topological polar surface area (TPSA) is 67.2 Å². The summed E-state index contributed by atoms with van der Waals surface area (Å²) >= 11 is 0. The predicted octanol–water partition coefficient (Wildman–Crippen LogP) is 1.81. The second-order valence-electron chi connectivity index (χ2n) is 6.82. The highest BCUT2D eigenvalue weighted by Crippen LogP contribution is 2.27. The van der Waals surface area contributed by atoms with E-state index in [1.54, 1.807) is 12.4 Å². The van der Waals surface area contributed by atoms with Crippen LogP contribution in [0.2, 0.25) is 0 Å². The molecule has 0 aliphatic carbocycles. The molecule has 2 aliphatic heterocycles.